The van der Waals surface area contributed by atoms with Gasteiger partial charge in [-0.2, -0.15) is 0 Å². The maximum Gasteiger partial charge on any atom is 0.407 e. The topological polar surface area (TPSA) is 64.1 Å². The van der Waals surface area contributed by atoms with E-state index in [1.165, 1.54) is 12.4 Å². The number of nitrogens with one attached hydrogen (secondary N) is 1. The van der Waals surface area contributed by atoms with Gasteiger partial charge in [0, 0.05) is 0 Å². The number of halogens is 1. The van der Waals surface area contributed by atoms with E-state index in [9.17, 15) is 4.79 Å². The Bertz CT molecular complexity index is 359. The largest absolute Gasteiger partial charge is 0.444 e. The van der Waals surface area contributed by atoms with Gasteiger partial charge in [-0.25, -0.2) is 9.78 Å². The van der Waals surface area contributed by atoms with E-state index in [1.807, 2.05) is 0 Å². The summed E-state index contributed by atoms with van der Waals surface area (Å²) < 4.78 is 5.06. The molecule has 0 saturated carbocycles. The van der Waals surface area contributed by atoms with E-state index in [1.54, 1.807) is 20.8 Å². The Morgan fingerprint density at radius 3 is 2.62 bits per heavy atom. The summed E-state index contributed by atoms with van der Waals surface area (Å²) in [6, 6.07) is 0. The lowest BCUT2D eigenvalue weighted by molar-refractivity contribution is 0.0523. The first kappa shape index (κ1) is 12.7. The van der Waals surface area contributed by atoms with Crippen LogP contribution in [0.3, 0.4) is 0 Å². The predicted octanol–water partition coefficient (Wildman–Crippen LogP) is 2.15. The molecule has 0 spiro atoms. The van der Waals surface area contributed by atoms with Gasteiger partial charge in [-0.1, -0.05) is 11.6 Å². The average Bonchev–Trinajstić information content (AvgIpc) is 2.14. The molecule has 0 radical (unpaired) electrons. The summed E-state index contributed by atoms with van der Waals surface area (Å²) in [5.41, 5.74) is 0.116. The van der Waals surface area contributed by atoms with Crippen LogP contribution in [-0.4, -0.2) is 21.7 Å². The first-order chi connectivity index (χ1) is 7.37. The second-order valence-electron chi connectivity index (χ2n) is 4.19. The first-order valence-electron chi connectivity index (χ1n) is 4.80. The number of hydrogen-bond acceptors (Lipinski definition) is 4. The standard InChI is InChI=1S/C10H14ClN3O2/c1-10(2,3)16-9(15)14-5-7-4-13-8(11)6-12-7/h4,6H,5H2,1-3H3,(H,14,15). The number of carbonyl (C=O) groups is 1. The van der Waals surface area contributed by atoms with Gasteiger partial charge in [0.15, 0.2) is 0 Å². The molecule has 1 amide bonds. The Morgan fingerprint density at radius 2 is 2.12 bits per heavy atom. The van der Waals surface area contributed by atoms with Crippen molar-refractivity contribution in [3.8, 4) is 0 Å². The van der Waals surface area contributed by atoms with Crippen molar-refractivity contribution in [2.75, 3.05) is 0 Å². The first-order valence-corrected chi connectivity index (χ1v) is 5.18. The number of carbonyl (C=O) groups excluding carboxylic acids is 1. The summed E-state index contributed by atoms with van der Waals surface area (Å²) >= 11 is 5.58. The van der Waals surface area contributed by atoms with Crippen LogP contribution in [0.2, 0.25) is 5.15 Å². The van der Waals surface area contributed by atoms with Crippen molar-refractivity contribution in [2.24, 2.45) is 0 Å². The summed E-state index contributed by atoms with van der Waals surface area (Å²) in [4.78, 5) is 19.1. The number of alkyl carbamates (subject to hydrolysis) is 1. The summed E-state index contributed by atoms with van der Waals surface area (Å²) in [6.45, 7) is 5.66. The van der Waals surface area contributed by atoms with Crippen LogP contribution in [0.1, 0.15) is 26.5 Å². The van der Waals surface area contributed by atoms with E-state index >= 15 is 0 Å². The highest BCUT2D eigenvalue weighted by Gasteiger charge is 2.15. The number of aromatic nitrogens is 2. The second-order valence-corrected chi connectivity index (χ2v) is 4.57. The Labute approximate surface area is 99.2 Å². The highest BCUT2D eigenvalue weighted by atomic mass is 35.5. The minimum atomic E-state index is -0.504. The molecule has 16 heavy (non-hydrogen) atoms. The molecule has 0 aliphatic carbocycles. The number of amides is 1. The zero-order valence-electron chi connectivity index (χ0n) is 9.45. The van der Waals surface area contributed by atoms with Crippen LogP contribution in [0, 0.1) is 0 Å². The van der Waals surface area contributed by atoms with Gasteiger partial charge in [-0.05, 0) is 20.8 Å². The monoisotopic (exact) mass is 243 g/mol. The third-order valence-electron chi connectivity index (χ3n) is 1.49. The highest BCUT2D eigenvalue weighted by Crippen LogP contribution is 2.07. The SMILES string of the molecule is CC(C)(C)OC(=O)NCc1cnc(Cl)cn1. The summed E-state index contributed by atoms with van der Waals surface area (Å²) in [6.07, 6.45) is 2.44. The van der Waals surface area contributed by atoms with Crippen LogP contribution in [0.5, 0.6) is 0 Å². The summed E-state index contributed by atoms with van der Waals surface area (Å²) in [7, 11) is 0. The van der Waals surface area contributed by atoms with Crippen molar-refractivity contribution >= 4 is 17.7 Å². The van der Waals surface area contributed by atoms with E-state index in [0.29, 0.717) is 10.8 Å². The van der Waals surface area contributed by atoms with Crippen LogP contribution in [-0.2, 0) is 11.3 Å². The minimum Gasteiger partial charge on any atom is -0.444 e. The molecule has 0 aromatic carbocycles. The van der Waals surface area contributed by atoms with E-state index in [4.69, 9.17) is 16.3 Å². The number of rotatable bonds is 2. The molecule has 1 rings (SSSR count). The molecule has 0 unspecified atom stereocenters. The van der Waals surface area contributed by atoms with Crippen molar-refractivity contribution < 1.29 is 9.53 Å². The third kappa shape index (κ3) is 4.93. The molecule has 1 heterocycles. The van der Waals surface area contributed by atoms with Gasteiger partial charge < -0.3 is 10.1 Å². The Hall–Kier alpha value is -1.36. The molecule has 6 heteroatoms. The van der Waals surface area contributed by atoms with Gasteiger partial charge in [0.25, 0.3) is 0 Å². The van der Waals surface area contributed by atoms with Crippen LogP contribution in [0.4, 0.5) is 4.79 Å². The lowest BCUT2D eigenvalue weighted by Crippen LogP contribution is -2.32. The highest BCUT2D eigenvalue weighted by molar-refractivity contribution is 6.29. The molecule has 0 bridgehead atoms. The average molecular weight is 244 g/mol. The fourth-order valence-corrected chi connectivity index (χ4v) is 1.00. The number of hydrogen-bond donors (Lipinski definition) is 1. The molecule has 1 aromatic heterocycles. The maximum absolute atomic E-state index is 11.3. The fraction of sp³-hybridized carbons (Fsp3) is 0.500. The van der Waals surface area contributed by atoms with Crippen LogP contribution in [0.25, 0.3) is 0 Å². The molecule has 88 valence electrons. The fourth-order valence-electron chi connectivity index (χ4n) is 0.907. The normalized spacial score (nSPS) is 11.0. The van der Waals surface area contributed by atoms with E-state index < -0.39 is 11.7 Å². The Morgan fingerprint density at radius 1 is 1.44 bits per heavy atom. The zero-order chi connectivity index (χ0) is 12.2. The molecule has 0 saturated heterocycles. The number of nitrogens with zero attached hydrogens (tertiary/aromatic N) is 2. The molecular formula is C10H14ClN3O2. The number of ether oxygens (including phenoxy) is 1. The molecule has 0 atom stereocenters. The van der Waals surface area contributed by atoms with Gasteiger partial charge in [0.1, 0.15) is 10.8 Å². The van der Waals surface area contributed by atoms with E-state index in [-0.39, 0.29) is 6.54 Å². The molecule has 0 aliphatic rings. The second kappa shape index (κ2) is 5.12. The van der Waals surface area contributed by atoms with Gasteiger partial charge in [0.05, 0.1) is 24.6 Å². The van der Waals surface area contributed by atoms with Gasteiger partial charge in [0.2, 0.25) is 0 Å². The van der Waals surface area contributed by atoms with Crippen LogP contribution >= 0.6 is 11.6 Å². The summed E-state index contributed by atoms with van der Waals surface area (Å²) in [5, 5.41) is 2.89. The van der Waals surface area contributed by atoms with Crippen LogP contribution < -0.4 is 5.32 Å². The maximum atomic E-state index is 11.3. The van der Waals surface area contributed by atoms with Gasteiger partial charge >= 0.3 is 6.09 Å². The van der Waals surface area contributed by atoms with Crippen molar-refractivity contribution in [1.82, 2.24) is 15.3 Å². The zero-order valence-corrected chi connectivity index (χ0v) is 10.2. The van der Waals surface area contributed by atoms with Crippen LogP contribution in [0.15, 0.2) is 12.4 Å². The Balaban J connectivity index is 2.40. The van der Waals surface area contributed by atoms with Gasteiger partial charge in [-0.15, -0.1) is 0 Å². The third-order valence-corrected chi connectivity index (χ3v) is 1.68. The predicted molar refractivity (Wildman–Crippen MR) is 60.1 cm³/mol. The van der Waals surface area contributed by atoms with Crippen molar-refractivity contribution in [2.45, 2.75) is 32.9 Å². The Kier molecular flexibility index (Phi) is 4.06. The lowest BCUT2D eigenvalue weighted by Gasteiger charge is -2.19. The van der Waals surface area contributed by atoms with Gasteiger partial charge in [-0.3, -0.25) is 4.98 Å². The molecule has 1 N–H and O–H groups in total. The van der Waals surface area contributed by atoms with E-state index in [2.05, 4.69) is 15.3 Å². The molecule has 5 nitrogen and oxygen atoms in total. The quantitative estimate of drug-likeness (QED) is 0.865. The summed E-state index contributed by atoms with van der Waals surface area (Å²) in [5.74, 6) is 0. The minimum absolute atomic E-state index is 0.263. The lowest BCUT2D eigenvalue weighted by atomic mass is 10.2. The van der Waals surface area contributed by atoms with Crippen molar-refractivity contribution in [1.29, 1.82) is 0 Å². The van der Waals surface area contributed by atoms with Crippen molar-refractivity contribution in [3.63, 3.8) is 0 Å². The van der Waals surface area contributed by atoms with Crippen molar-refractivity contribution in [3.05, 3.63) is 23.2 Å². The smallest absolute Gasteiger partial charge is 0.407 e. The molecular weight excluding hydrogens is 230 g/mol. The molecule has 1 aromatic rings. The molecule has 0 aliphatic heterocycles. The van der Waals surface area contributed by atoms with E-state index in [0.717, 1.165) is 0 Å². The molecule has 0 fully saturated rings.